The summed E-state index contributed by atoms with van der Waals surface area (Å²) in [6.07, 6.45) is 4.06. The summed E-state index contributed by atoms with van der Waals surface area (Å²) < 4.78 is 12.4. The molecule has 3 aromatic rings. The van der Waals surface area contributed by atoms with E-state index in [1.165, 1.54) is 4.90 Å². The summed E-state index contributed by atoms with van der Waals surface area (Å²) in [4.78, 5) is 31.9. The molecule has 1 aliphatic rings. The van der Waals surface area contributed by atoms with Gasteiger partial charge in [0, 0.05) is 42.7 Å². The number of hydrogen-bond acceptors (Lipinski definition) is 5. The van der Waals surface area contributed by atoms with Crippen LogP contribution in [0.5, 0.6) is 11.5 Å². The molecular weight excluding hydrogens is 370 g/mol. The van der Waals surface area contributed by atoms with E-state index in [4.69, 9.17) is 9.47 Å². The van der Waals surface area contributed by atoms with E-state index < -0.39 is 6.04 Å². The highest BCUT2D eigenvalue weighted by atomic mass is 16.5. The maximum atomic E-state index is 13.4. The number of carbonyl (C=O) groups excluding carboxylic acids is 2. The summed E-state index contributed by atoms with van der Waals surface area (Å²) in [6, 6.07) is 14.1. The van der Waals surface area contributed by atoms with Gasteiger partial charge in [0.2, 0.25) is 11.7 Å². The fourth-order valence-corrected chi connectivity index (χ4v) is 3.62. The van der Waals surface area contributed by atoms with Gasteiger partial charge in [-0.3, -0.25) is 14.2 Å². The molecule has 7 nitrogen and oxygen atoms in total. The minimum absolute atomic E-state index is 0.114. The number of anilines is 1. The monoisotopic (exact) mass is 391 g/mol. The van der Waals surface area contributed by atoms with Crippen molar-refractivity contribution < 1.29 is 19.1 Å². The molecule has 0 aliphatic carbocycles. The summed E-state index contributed by atoms with van der Waals surface area (Å²) >= 11 is 0. The molecule has 1 aliphatic heterocycles. The van der Waals surface area contributed by atoms with Crippen LogP contribution < -0.4 is 14.4 Å². The zero-order valence-corrected chi connectivity index (χ0v) is 16.2. The number of nitrogens with zero attached hydrogens (tertiary/aromatic N) is 3. The quantitative estimate of drug-likeness (QED) is 0.603. The Morgan fingerprint density at radius 1 is 1.03 bits per heavy atom. The third-order valence-electron chi connectivity index (χ3n) is 5.02. The van der Waals surface area contributed by atoms with Gasteiger partial charge in [0.05, 0.1) is 19.9 Å². The predicted molar refractivity (Wildman–Crippen MR) is 108 cm³/mol. The van der Waals surface area contributed by atoms with Crippen molar-refractivity contribution in [2.24, 2.45) is 0 Å². The van der Waals surface area contributed by atoms with Crippen molar-refractivity contribution in [3.63, 3.8) is 0 Å². The maximum Gasteiger partial charge on any atom is 0.227 e. The largest absolute Gasteiger partial charge is 0.497 e. The first kappa shape index (κ1) is 18.7. The smallest absolute Gasteiger partial charge is 0.227 e. The SMILES string of the molecule is COc1cc(OC)cc(N2C(=O)CCC2C(=O)c2nccn2-c2ccccc2)c1. The zero-order chi connectivity index (χ0) is 20.4. The van der Waals surface area contributed by atoms with Gasteiger partial charge >= 0.3 is 0 Å². The van der Waals surface area contributed by atoms with Crippen molar-refractivity contribution >= 4 is 17.4 Å². The van der Waals surface area contributed by atoms with Crippen LogP contribution in [0.25, 0.3) is 5.69 Å². The minimum atomic E-state index is -0.635. The number of carbonyl (C=O) groups is 2. The van der Waals surface area contributed by atoms with Crippen molar-refractivity contribution in [2.45, 2.75) is 18.9 Å². The Hall–Kier alpha value is -3.61. The summed E-state index contributed by atoms with van der Waals surface area (Å²) in [6.45, 7) is 0. The van der Waals surface area contributed by atoms with E-state index in [1.54, 1.807) is 49.4 Å². The van der Waals surface area contributed by atoms with E-state index in [-0.39, 0.29) is 11.7 Å². The Bertz CT molecular complexity index is 1020. The summed E-state index contributed by atoms with van der Waals surface area (Å²) in [5.41, 5.74) is 1.41. The second kappa shape index (κ2) is 7.79. The van der Waals surface area contributed by atoms with Crippen LogP contribution in [0.15, 0.2) is 60.9 Å². The van der Waals surface area contributed by atoms with Crippen LogP contribution in [0.2, 0.25) is 0 Å². The number of benzene rings is 2. The number of hydrogen-bond donors (Lipinski definition) is 0. The second-order valence-corrected chi connectivity index (χ2v) is 6.71. The van der Waals surface area contributed by atoms with Gasteiger partial charge in [-0.05, 0) is 18.6 Å². The van der Waals surface area contributed by atoms with E-state index >= 15 is 0 Å². The molecule has 29 heavy (non-hydrogen) atoms. The molecule has 7 heteroatoms. The number of methoxy groups -OCH3 is 2. The van der Waals surface area contributed by atoms with E-state index in [1.807, 2.05) is 30.3 Å². The summed E-state index contributed by atoms with van der Waals surface area (Å²) in [5, 5.41) is 0. The molecule has 1 amide bonds. The van der Waals surface area contributed by atoms with Crippen LogP contribution in [-0.4, -0.2) is 41.5 Å². The highest BCUT2D eigenvalue weighted by molar-refractivity contribution is 6.09. The highest BCUT2D eigenvalue weighted by Gasteiger charge is 2.39. The van der Waals surface area contributed by atoms with Crippen LogP contribution >= 0.6 is 0 Å². The number of para-hydroxylation sites is 1. The van der Waals surface area contributed by atoms with Gasteiger partial charge in [0.25, 0.3) is 0 Å². The van der Waals surface area contributed by atoms with Crippen molar-refractivity contribution in [1.29, 1.82) is 0 Å². The third kappa shape index (κ3) is 3.47. The standard InChI is InChI=1S/C22H21N3O4/c1-28-17-12-16(13-18(14-17)29-2)25-19(8-9-20(25)26)21(27)22-23-10-11-24(22)15-6-4-3-5-7-15/h3-7,10-14,19H,8-9H2,1-2H3. The molecule has 1 unspecified atom stereocenters. The molecule has 0 saturated carbocycles. The zero-order valence-electron chi connectivity index (χ0n) is 16.2. The van der Waals surface area contributed by atoms with Crippen molar-refractivity contribution in [3.8, 4) is 17.2 Å². The fourth-order valence-electron chi connectivity index (χ4n) is 3.62. The number of imidazole rings is 1. The molecule has 0 bridgehead atoms. The molecule has 1 atom stereocenters. The van der Waals surface area contributed by atoms with Crippen molar-refractivity contribution in [2.75, 3.05) is 19.1 Å². The van der Waals surface area contributed by atoms with Crippen LogP contribution in [0.4, 0.5) is 5.69 Å². The lowest BCUT2D eigenvalue weighted by Crippen LogP contribution is -2.39. The van der Waals surface area contributed by atoms with Gasteiger partial charge in [-0.25, -0.2) is 4.98 Å². The molecule has 2 heterocycles. The molecule has 1 saturated heterocycles. The lowest BCUT2D eigenvalue weighted by molar-refractivity contribution is -0.117. The van der Waals surface area contributed by atoms with Gasteiger partial charge < -0.3 is 14.4 Å². The first-order chi connectivity index (χ1) is 14.1. The maximum absolute atomic E-state index is 13.4. The van der Waals surface area contributed by atoms with Crippen molar-refractivity contribution in [3.05, 3.63) is 66.7 Å². The van der Waals surface area contributed by atoms with Crippen molar-refractivity contribution in [1.82, 2.24) is 9.55 Å². The Kier molecular flexibility index (Phi) is 5.03. The van der Waals surface area contributed by atoms with E-state index in [9.17, 15) is 9.59 Å². The van der Waals surface area contributed by atoms with Gasteiger partial charge in [-0.15, -0.1) is 0 Å². The third-order valence-corrected chi connectivity index (χ3v) is 5.02. The Morgan fingerprint density at radius 3 is 2.38 bits per heavy atom. The van der Waals surface area contributed by atoms with Crippen LogP contribution in [0, 0.1) is 0 Å². The molecule has 0 N–H and O–H groups in total. The molecule has 2 aromatic carbocycles. The summed E-state index contributed by atoms with van der Waals surface area (Å²) in [5.74, 6) is 1.09. The predicted octanol–water partition coefficient (Wildman–Crippen LogP) is 3.27. The number of aromatic nitrogens is 2. The molecular formula is C22H21N3O4. The minimum Gasteiger partial charge on any atom is -0.497 e. The molecule has 148 valence electrons. The Morgan fingerprint density at radius 2 is 1.72 bits per heavy atom. The molecule has 1 aromatic heterocycles. The topological polar surface area (TPSA) is 73.7 Å². The first-order valence-corrected chi connectivity index (χ1v) is 9.30. The number of ether oxygens (including phenoxy) is 2. The van der Waals surface area contributed by atoms with Crippen LogP contribution in [-0.2, 0) is 4.79 Å². The number of amides is 1. The molecule has 1 fully saturated rings. The van der Waals surface area contributed by atoms with E-state index in [0.29, 0.717) is 35.9 Å². The van der Waals surface area contributed by atoms with Gasteiger partial charge in [-0.2, -0.15) is 0 Å². The number of ketones is 1. The fraction of sp³-hybridized carbons (Fsp3) is 0.227. The average molecular weight is 391 g/mol. The normalized spacial score (nSPS) is 16.1. The molecule has 0 radical (unpaired) electrons. The molecule has 0 spiro atoms. The highest BCUT2D eigenvalue weighted by Crippen LogP contribution is 2.34. The Balaban J connectivity index is 1.71. The average Bonchev–Trinajstić information content (AvgIpc) is 3.40. The number of Topliss-reactive ketones (excluding diaryl/α,β-unsaturated/α-hetero) is 1. The van der Waals surface area contributed by atoms with E-state index in [0.717, 1.165) is 5.69 Å². The first-order valence-electron chi connectivity index (χ1n) is 9.30. The van der Waals surface area contributed by atoms with Crippen LogP contribution in [0.3, 0.4) is 0 Å². The lowest BCUT2D eigenvalue weighted by atomic mass is 10.1. The van der Waals surface area contributed by atoms with Gasteiger partial charge in [-0.1, -0.05) is 18.2 Å². The second-order valence-electron chi connectivity index (χ2n) is 6.71. The van der Waals surface area contributed by atoms with Crippen LogP contribution in [0.1, 0.15) is 23.5 Å². The lowest BCUT2D eigenvalue weighted by Gasteiger charge is -2.25. The molecule has 4 rings (SSSR count). The Labute approximate surface area is 168 Å². The van der Waals surface area contributed by atoms with E-state index in [2.05, 4.69) is 4.98 Å². The number of rotatable bonds is 6. The van der Waals surface area contributed by atoms with Gasteiger partial charge in [0.1, 0.15) is 17.5 Å². The van der Waals surface area contributed by atoms with Gasteiger partial charge in [0.15, 0.2) is 5.82 Å². The summed E-state index contributed by atoms with van der Waals surface area (Å²) in [7, 11) is 3.09.